The van der Waals surface area contributed by atoms with Crippen molar-refractivity contribution in [3.05, 3.63) is 24.3 Å². The van der Waals surface area contributed by atoms with Gasteiger partial charge in [-0.05, 0) is 12.1 Å². The summed E-state index contributed by atoms with van der Waals surface area (Å²) in [6.07, 6.45) is 0. The Bertz CT molecular complexity index is 557. The summed E-state index contributed by atoms with van der Waals surface area (Å²) in [5, 5.41) is 9.82. The van der Waals surface area contributed by atoms with Crippen molar-refractivity contribution in [2.75, 3.05) is 37.6 Å². The number of thiazole rings is 1. The Kier molecular flexibility index (Phi) is 3.35. The first-order valence-corrected chi connectivity index (χ1v) is 7.09. The number of carbonyl (C=O) groups is 1. The van der Waals surface area contributed by atoms with Crippen molar-refractivity contribution < 1.29 is 9.90 Å². The van der Waals surface area contributed by atoms with Crippen LogP contribution in [0.3, 0.4) is 0 Å². The molecule has 0 saturated carbocycles. The summed E-state index contributed by atoms with van der Waals surface area (Å²) < 4.78 is 1.20. The van der Waals surface area contributed by atoms with Crippen LogP contribution in [0.25, 0.3) is 10.2 Å². The molecular formula is C13H15N3O2S. The molecule has 2 aromatic rings. The Morgan fingerprint density at radius 1 is 1.26 bits per heavy atom. The smallest absolute Gasteiger partial charge is 0.317 e. The van der Waals surface area contributed by atoms with Crippen molar-refractivity contribution in [1.82, 2.24) is 9.88 Å². The van der Waals surface area contributed by atoms with Crippen molar-refractivity contribution in [2.45, 2.75) is 0 Å². The summed E-state index contributed by atoms with van der Waals surface area (Å²) in [5.74, 6) is -0.756. The monoisotopic (exact) mass is 277 g/mol. The predicted octanol–water partition coefficient (Wildman–Crippen LogP) is 1.50. The van der Waals surface area contributed by atoms with E-state index in [1.54, 1.807) is 11.3 Å². The maximum Gasteiger partial charge on any atom is 0.317 e. The minimum absolute atomic E-state index is 0.133. The van der Waals surface area contributed by atoms with E-state index in [9.17, 15) is 4.79 Å². The summed E-state index contributed by atoms with van der Waals surface area (Å²) >= 11 is 1.70. The maximum absolute atomic E-state index is 10.7. The zero-order valence-corrected chi connectivity index (χ0v) is 11.3. The lowest BCUT2D eigenvalue weighted by Gasteiger charge is -2.33. The third-order valence-electron chi connectivity index (χ3n) is 3.28. The molecule has 1 aliphatic heterocycles. The van der Waals surface area contributed by atoms with Crippen LogP contribution in [0.1, 0.15) is 0 Å². The minimum atomic E-state index is -0.756. The van der Waals surface area contributed by atoms with Crippen molar-refractivity contribution in [1.29, 1.82) is 0 Å². The highest BCUT2D eigenvalue weighted by molar-refractivity contribution is 7.22. The highest BCUT2D eigenvalue weighted by atomic mass is 32.1. The molecule has 6 heteroatoms. The molecule has 1 saturated heterocycles. The molecule has 1 aromatic heterocycles. The van der Waals surface area contributed by atoms with E-state index in [2.05, 4.69) is 16.0 Å². The third-order valence-corrected chi connectivity index (χ3v) is 4.38. The van der Waals surface area contributed by atoms with Crippen molar-refractivity contribution in [2.24, 2.45) is 0 Å². The molecule has 3 rings (SSSR count). The molecule has 5 nitrogen and oxygen atoms in total. The van der Waals surface area contributed by atoms with Crippen LogP contribution >= 0.6 is 11.3 Å². The van der Waals surface area contributed by atoms with Gasteiger partial charge in [-0.3, -0.25) is 9.69 Å². The van der Waals surface area contributed by atoms with E-state index in [1.807, 2.05) is 23.1 Å². The number of rotatable bonds is 3. The average molecular weight is 277 g/mol. The number of benzene rings is 1. The molecule has 0 bridgehead atoms. The summed E-state index contributed by atoms with van der Waals surface area (Å²) in [7, 11) is 0. The summed E-state index contributed by atoms with van der Waals surface area (Å²) in [4.78, 5) is 19.5. The second kappa shape index (κ2) is 5.14. The summed E-state index contributed by atoms with van der Waals surface area (Å²) in [5.41, 5.74) is 1.04. The first-order chi connectivity index (χ1) is 9.22. The molecule has 0 unspecified atom stereocenters. The molecule has 1 aromatic carbocycles. The first kappa shape index (κ1) is 12.4. The number of nitrogens with zero attached hydrogens (tertiary/aromatic N) is 3. The van der Waals surface area contributed by atoms with Crippen LogP contribution in [0, 0.1) is 0 Å². The van der Waals surface area contributed by atoms with Gasteiger partial charge < -0.3 is 10.0 Å². The highest BCUT2D eigenvalue weighted by Gasteiger charge is 2.20. The van der Waals surface area contributed by atoms with E-state index in [0.717, 1.165) is 36.8 Å². The Hall–Kier alpha value is -1.66. The normalized spacial score (nSPS) is 16.9. The fourth-order valence-electron chi connectivity index (χ4n) is 2.28. The van der Waals surface area contributed by atoms with Crippen LogP contribution in [0.15, 0.2) is 24.3 Å². The van der Waals surface area contributed by atoms with Crippen molar-refractivity contribution in [3.8, 4) is 0 Å². The SMILES string of the molecule is O=C(O)CN1CCN(c2nc3ccccc3s2)CC1. The molecule has 0 spiro atoms. The van der Waals surface area contributed by atoms with Gasteiger partial charge in [0.1, 0.15) is 0 Å². The summed E-state index contributed by atoms with van der Waals surface area (Å²) in [6, 6.07) is 8.12. The molecule has 2 heterocycles. The number of aliphatic carboxylic acids is 1. The van der Waals surface area contributed by atoms with E-state index in [0.29, 0.717) is 0 Å². The van der Waals surface area contributed by atoms with E-state index < -0.39 is 5.97 Å². The molecule has 0 amide bonds. The predicted molar refractivity (Wildman–Crippen MR) is 75.9 cm³/mol. The van der Waals surface area contributed by atoms with Gasteiger partial charge >= 0.3 is 5.97 Å². The van der Waals surface area contributed by atoms with E-state index in [-0.39, 0.29) is 6.54 Å². The molecule has 1 fully saturated rings. The Labute approximate surface area is 115 Å². The van der Waals surface area contributed by atoms with Crippen LogP contribution < -0.4 is 4.90 Å². The number of piperazine rings is 1. The zero-order chi connectivity index (χ0) is 13.2. The number of anilines is 1. The molecule has 1 aliphatic rings. The molecule has 100 valence electrons. The lowest BCUT2D eigenvalue weighted by Crippen LogP contribution is -2.47. The van der Waals surface area contributed by atoms with Gasteiger partial charge in [0.25, 0.3) is 0 Å². The van der Waals surface area contributed by atoms with Crippen molar-refractivity contribution in [3.63, 3.8) is 0 Å². The third kappa shape index (κ3) is 2.69. The highest BCUT2D eigenvalue weighted by Crippen LogP contribution is 2.28. The van der Waals surface area contributed by atoms with Gasteiger partial charge in [-0.15, -0.1) is 0 Å². The average Bonchev–Trinajstić information content (AvgIpc) is 2.82. The van der Waals surface area contributed by atoms with Crippen LogP contribution in [-0.4, -0.2) is 53.7 Å². The standard InChI is InChI=1S/C13H15N3O2S/c17-12(18)9-15-5-7-16(8-6-15)13-14-10-3-1-2-4-11(10)19-13/h1-4H,5-9H2,(H,17,18). The van der Waals surface area contributed by atoms with Crippen LogP contribution in [-0.2, 0) is 4.79 Å². The molecule has 1 N–H and O–H groups in total. The van der Waals surface area contributed by atoms with Crippen molar-refractivity contribution >= 4 is 32.7 Å². The number of carboxylic acid groups (broad SMARTS) is 1. The second-order valence-electron chi connectivity index (χ2n) is 4.62. The summed E-state index contributed by atoms with van der Waals surface area (Å²) in [6.45, 7) is 3.37. The van der Waals surface area contributed by atoms with E-state index in [4.69, 9.17) is 5.11 Å². The fraction of sp³-hybridized carbons (Fsp3) is 0.385. The number of aromatic nitrogens is 1. The van der Waals surface area contributed by atoms with Gasteiger partial charge in [0.15, 0.2) is 5.13 Å². The zero-order valence-electron chi connectivity index (χ0n) is 10.5. The van der Waals surface area contributed by atoms with Gasteiger partial charge in [0, 0.05) is 26.2 Å². The largest absolute Gasteiger partial charge is 0.480 e. The van der Waals surface area contributed by atoms with Crippen LogP contribution in [0.5, 0.6) is 0 Å². The molecule has 0 radical (unpaired) electrons. The second-order valence-corrected chi connectivity index (χ2v) is 5.63. The van der Waals surface area contributed by atoms with E-state index in [1.165, 1.54) is 4.70 Å². The van der Waals surface area contributed by atoms with Crippen LogP contribution in [0.2, 0.25) is 0 Å². The molecule has 19 heavy (non-hydrogen) atoms. The molecule has 0 aliphatic carbocycles. The van der Waals surface area contributed by atoms with Gasteiger partial charge in [0.05, 0.1) is 16.8 Å². The number of carboxylic acids is 1. The Balaban J connectivity index is 1.69. The van der Waals surface area contributed by atoms with E-state index >= 15 is 0 Å². The number of para-hydroxylation sites is 1. The number of fused-ring (bicyclic) bond motifs is 1. The number of hydrogen-bond donors (Lipinski definition) is 1. The lowest BCUT2D eigenvalue weighted by atomic mass is 10.3. The topological polar surface area (TPSA) is 56.7 Å². The van der Waals surface area contributed by atoms with Gasteiger partial charge in [-0.1, -0.05) is 23.5 Å². The molecular weight excluding hydrogens is 262 g/mol. The Morgan fingerprint density at radius 2 is 2.00 bits per heavy atom. The molecule has 0 atom stereocenters. The van der Waals surface area contributed by atoms with Gasteiger partial charge in [-0.2, -0.15) is 0 Å². The van der Waals surface area contributed by atoms with Crippen LogP contribution in [0.4, 0.5) is 5.13 Å². The Morgan fingerprint density at radius 3 is 2.68 bits per heavy atom. The lowest BCUT2D eigenvalue weighted by molar-refractivity contribution is -0.138. The quantitative estimate of drug-likeness (QED) is 0.921. The number of hydrogen-bond acceptors (Lipinski definition) is 5. The fourth-order valence-corrected chi connectivity index (χ4v) is 3.30. The maximum atomic E-state index is 10.7. The minimum Gasteiger partial charge on any atom is -0.480 e. The van der Waals surface area contributed by atoms with Gasteiger partial charge in [0.2, 0.25) is 0 Å². The van der Waals surface area contributed by atoms with Gasteiger partial charge in [-0.25, -0.2) is 4.98 Å². The first-order valence-electron chi connectivity index (χ1n) is 6.27.